The Morgan fingerprint density at radius 1 is 1.21 bits per heavy atom. The van der Waals surface area contributed by atoms with E-state index in [1.807, 2.05) is 13.0 Å². The summed E-state index contributed by atoms with van der Waals surface area (Å²) in [6.07, 6.45) is 0. The molecule has 7 heteroatoms. The average molecular weight is 323 g/mol. The van der Waals surface area contributed by atoms with Gasteiger partial charge in [0.2, 0.25) is 0 Å². The third-order valence-corrected chi connectivity index (χ3v) is 3.31. The second-order valence-corrected chi connectivity index (χ2v) is 5.09. The van der Waals surface area contributed by atoms with Gasteiger partial charge in [-0.2, -0.15) is 5.26 Å². The van der Waals surface area contributed by atoms with Crippen LogP contribution in [0.1, 0.15) is 33.3 Å². The van der Waals surface area contributed by atoms with Gasteiger partial charge in [-0.05, 0) is 44.2 Å². The largest absolute Gasteiger partial charge is 0.466 e. The molecular formula is C17H13N3O4. The minimum atomic E-state index is -0.533. The Hall–Kier alpha value is -3.40. The van der Waals surface area contributed by atoms with Gasteiger partial charge >= 0.3 is 5.97 Å². The fourth-order valence-corrected chi connectivity index (χ4v) is 2.16. The van der Waals surface area contributed by atoms with Gasteiger partial charge in [-0.3, -0.25) is 0 Å². The first-order valence-electron chi connectivity index (χ1n) is 7.14. The number of benzene rings is 1. The van der Waals surface area contributed by atoms with Crippen molar-refractivity contribution in [1.82, 2.24) is 10.2 Å². The van der Waals surface area contributed by atoms with Crippen molar-refractivity contribution in [2.75, 3.05) is 0 Å². The van der Waals surface area contributed by atoms with Gasteiger partial charge in [0.15, 0.2) is 6.61 Å². The summed E-state index contributed by atoms with van der Waals surface area (Å²) in [4.78, 5) is 11.9. The normalized spacial score (nSPS) is 10.4. The van der Waals surface area contributed by atoms with Crippen LogP contribution in [0.15, 0.2) is 39.2 Å². The summed E-state index contributed by atoms with van der Waals surface area (Å²) in [5.41, 5.74) is 1.53. The maximum absolute atomic E-state index is 11.9. The molecular weight excluding hydrogens is 310 g/mol. The highest BCUT2D eigenvalue weighted by atomic mass is 16.5. The van der Waals surface area contributed by atoms with Crippen LogP contribution < -0.4 is 0 Å². The van der Waals surface area contributed by atoms with Crippen molar-refractivity contribution < 1.29 is 18.4 Å². The zero-order valence-electron chi connectivity index (χ0n) is 13.1. The van der Waals surface area contributed by atoms with E-state index in [2.05, 4.69) is 10.2 Å². The van der Waals surface area contributed by atoms with E-state index < -0.39 is 5.97 Å². The summed E-state index contributed by atoms with van der Waals surface area (Å²) >= 11 is 0. The minimum absolute atomic E-state index is 0.137. The van der Waals surface area contributed by atoms with Crippen LogP contribution in [0.4, 0.5) is 0 Å². The number of aryl methyl sites for hydroxylation is 2. The van der Waals surface area contributed by atoms with Gasteiger partial charge in [0.25, 0.3) is 11.8 Å². The van der Waals surface area contributed by atoms with Gasteiger partial charge in [-0.15, -0.1) is 10.2 Å². The smallest absolute Gasteiger partial charge is 0.338 e. The van der Waals surface area contributed by atoms with Crippen molar-refractivity contribution in [3.8, 4) is 17.5 Å². The van der Waals surface area contributed by atoms with Crippen LogP contribution >= 0.6 is 0 Å². The quantitative estimate of drug-likeness (QED) is 0.679. The van der Waals surface area contributed by atoms with Crippen LogP contribution in [0.25, 0.3) is 11.5 Å². The summed E-state index contributed by atoms with van der Waals surface area (Å²) in [7, 11) is 0. The Balaban J connectivity index is 1.66. The molecule has 3 aromatic rings. The predicted octanol–water partition coefficient (Wildman–Crippen LogP) is 3.18. The van der Waals surface area contributed by atoms with Crippen LogP contribution in [0.5, 0.6) is 0 Å². The molecule has 2 heterocycles. The number of furan rings is 1. The molecule has 7 nitrogen and oxygen atoms in total. The molecule has 0 aliphatic carbocycles. The zero-order valence-corrected chi connectivity index (χ0v) is 13.1. The van der Waals surface area contributed by atoms with E-state index in [1.54, 1.807) is 25.1 Å². The third-order valence-electron chi connectivity index (χ3n) is 3.31. The Morgan fingerprint density at radius 3 is 2.58 bits per heavy atom. The Morgan fingerprint density at radius 2 is 1.96 bits per heavy atom. The van der Waals surface area contributed by atoms with Crippen LogP contribution in [0.2, 0.25) is 0 Å². The first-order valence-corrected chi connectivity index (χ1v) is 7.14. The van der Waals surface area contributed by atoms with Crippen molar-refractivity contribution >= 4 is 5.97 Å². The predicted molar refractivity (Wildman–Crippen MR) is 81.8 cm³/mol. The molecule has 0 aliphatic heterocycles. The van der Waals surface area contributed by atoms with E-state index in [0.717, 1.165) is 5.76 Å². The Labute approximate surface area is 137 Å². The number of ether oxygens (including phenoxy) is 1. The molecule has 0 fully saturated rings. The molecule has 0 saturated heterocycles. The Bertz CT molecular complexity index is 916. The molecule has 0 radical (unpaired) electrons. The average Bonchev–Trinajstić information content (AvgIpc) is 3.18. The summed E-state index contributed by atoms with van der Waals surface area (Å²) in [6.45, 7) is 3.49. The van der Waals surface area contributed by atoms with Gasteiger partial charge in [0, 0.05) is 0 Å². The second kappa shape index (κ2) is 6.38. The summed E-state index contributed by atoms with van der Waals surface area (Å²) in [5, 5.41) is 16.5. The fourth-order valence-electron chi connectivity index (χ4n) is 2.16. The number of carbonyl (C=O) groups excluding carboxylic acids is 1. The first kappa shape index (κ1) is 15.5. The van der Waals surface area contributed by atoms with Crippen LogP contribution in [-0.4, -0.2) is 16.2 Å². The van der Waals surface area contributed by atoms with Crippen LogP contribution in [0, 0.1) is 25.2 Å². The highest BCUT2D eigenvalue weighted by molar-refractivity contribution is 5.89. The topological polar surface area (TPSA) is 102 Å². The highest BCUT2D eigenvalue weighted by Crippen LogP contribution is 2.25. The molecule has 0 amide bonds. The van der Waals surface area contributed by atoms with E-state index >= 15 is 0 Å². The fraction of sp³-hybridized carbons (Fsp3) is 0.176. The number of hydrogen-bond donors (Lipinski definition) is 0. The molecule has 0 saturated carbocycles. The van der Waals surface area contributed by atoms with Gasteiger partial charge in [0.1, 0.15) is 11.5 Å². The van der Waals surface area contributed by atoms with E-state index in [1.165, 1.54) is 12.1 Å². The molecule has 3 rings (SSSR count). The molecule has 24 heavy (non-hydrogen) atoms. The van der Waals surface area contributed by atoms with E-state index in [0.29, 0.717) is 28.3 Å². The number of nitriles is 1. The number of nitrogens with zero attached hydrogens (tertiary/aromatic N) is 3. The molecule has 1 aromatic carbocycles. The van der Waals surface area contributed by atoms with Gasteiger partial charge < -0.3 is 13.6 Å². The van der Waals surface area contributed by atoms with Crippen molar-refractivity contribution in [2.45, 2.75) is 20.5 Å². The van der Waals surface area contributed by atoms with E-state index in [4.69, 9.17) is 18.8 Å². The van der Waals surface area contributed by atoms with Crippen LogP contribution in [-0.2, 0) is 11.3 Å². The SMILES string of the molecule is Cc1cc(-c2nnc(COC(=O)c3ccc(C#N)cc3)o2)c(C)o1. The lowest BCUT2D eigenvalue weighted by Crippen LogP contribution is -2.05. The number of aromatic nitrogens is 2. The first-order chi connectivity index (χ1) is 11.6. The van der Waals surface area contributed by atoms with Gasteiger partial charge in [-0.25, -0.2) is 4.79 Å². The number of rotatable bonds is 4. The summed E-state index contributed by atoms with van der Waals surface area (Å²) < 4.78 is 16.0. The number of esters is 1. The second-order valence-electron chi connectivity index (χ2n) is 5.09. The maximum Gasteiger partial charge on any atom is 0.338 e. The monoisotopic (exact) mass is 323 g/mol. The van der Waals surface area contributed by atoms with Crippen molar-refractivity contribution in [3.05, 3.63) is 58.9 Å². The zero-order chi connectivity index (χ0) is 17.1. The van der Waals surface area contributed by atoms with Gasteiger partial charge in [-0.1, -0.05) is 0 Å². The lowest BCUT2D eigenvalue weighted by atomic mass is 10.1. The van der Waals surface area contributed by atoms with Gasteiger partial charge in [0.05, 0.1) is 22.8 Å². The molecule has 120 valence electrons. The Kier molecular flexibility index (Phi) is 4.12. The molecule has 0 N–H and O–H groups in total. The summed E-state index contributed by atoms with van der Waals surface area (Å²) in [5.74, 6) is 1.39. The molecule has 2 aromatic heterocycles. The van der Waals surface area contributed by atoms with Crippen LogP contribution in [0.3, 0.4) is 0 Å². The van der Waals surface area contributed by atoms with E-state index in [-0.39, 0.29) is 12.5 Å². The minimum Gasteiger partial charge on any atom is -0.466 e. The molecule has 0 spiro atoms. The molecule has 0 atom stereocenters. The molecule has 0 aliphatic rings. The van der Waals surface area contributed by atoms with Crippen molar-refractivity contribution in [3.63, 3.8) is 0 Å². The van der Waals surface area contributed by atoms with Crippen molar-refractivity contribution in [1.29, 1.82) is 5.26 Å². The number of carbonyl (C=O) groups is 1. The standard InChI is InChI=1S/C17H13N3O4/c1-10-7-14(11(2)23-10)16-20-19-15(24-16)9-22-17(21)13-5-3-12(8-18)4-6-13/h3-7H,9H2,1-2H3. The van der Waals surface area contributed by atoms with Crippen molar-refractivity contribution in [2.24, 2.45) is 0 Å². The lowest BCUT2D eigenvalue weighted by molar-refractivity contribution is 0.0438. The third kappa shape index (κ3) is 3.17. The summed E-state index contributed by atoms with van der Waals surface area (Å²) in [6, 6.07) is 9.93. The maximum atomic E-state index is 11.9. The molecule has 0 unspecified atom stereocenters. The lowest BCUT2D eigenvalue weighted by Gasteiger charge is -2.01. The molecule has 0 bridgehead atoms. The van der Waals surface area contributed by atoms with E-state index in [9.17, 15) is 4.79 Å². The highest BCUT2D eigenvalue weighted by Gasteiger charge is 2.16. The number of hydrogen-bond acceptors (Lipinski definition) is 7.